The van der Waals surface area contributed by atoms with E-state index < -0.39 is 5.69 Å². The van der Waals surface area contributed by atoms with E-state index in [0.717, 1.165) is 11.0 Å². The maximum absolute atomic E-state index is 14.0. The molecule has 8 nitrogen and oxygen atoms in total. The Morgan fingerprint density at radius 3 is 2.86 bits per heavy atom. The van der Waals surface area contributed by atoms with Gasteiger partial charge < -0.3 is 10.2 Å². The van der Waals surface area contributed by atoms with E-state index >= 15 is 0 Å². The summed E-state index contributed by atoms with van der Waals surface area (Å²) in [6, 6.07) is 9.56. The molecule has 0 aliphatic carbocycles. The number of aromatic amines is 1. The Balaban J connectivity index is 1.49. The quantitative estimate of drug-likeness (QED) is 0.707. The molecule has 4 rings (SSSR count). The van der Waals surface area contributed by atoms with Gasteiger partial charge in [0.1, 0.15) is 11.6 Å². The molecule has 3 heterocycles. The molecule has 1 saturated heterocycles. The summed E-state index contributed by atoms with van der Waals surface area (Å²) in [4.78, 5) is 36.9. The highest BCUT2D eigenvalue weighted by atomic mass is 19.1. The van der Waals surface area contributed by atoms with Gasteiger partial charge in [-0.15, -0.1) is 0 Å². The van der Waals surface area contributed by atoms with Gasteiger partial charge in [-0.2, -0.15) is 0 Å². The molecule has 1 atom stereocenters. The van der Waals surface area contributed by atoms with Gasteiger partial charge in [-0.3, -0.25) is 14.3 Å². The lowest BCUT2D eigenvalue weighted by Gasteiger charge is -2.18. The molecule has 9 heteroatoms. The Morgan fingerprint density at radius 1 is 1.25 bits per heavy atom. The van der Waals surface area contributed by atoms with Gasteiger partial charge in [0.15, 0.2) is 0 Å². The van der Waals surface area contributed by atoms with Crippen LogP contribution in [0.1, 0.15) is 6.42 Å². The first-order valence-corrected chi connectivity index (χ1v) is 8.91. The topological polar surface area (TPSA) is 95.9 Å². The van der Waals surface area contributed by atoms with Crippen LogP contribution in [0, 0.1) is 5.82 Å². The number of anilines is 2. The Bertz CT molecular complexity index is 1090. The van der Waals surface area contributed by atoms with Crippen LogP contribution in [0.2, 0.25) is 0 Å². The van der Waals surface area contributed by atoms with Crippen molar-refractivity contribution in [3.63, 3.8) is 0 Å². The molecule has 3 aromatic rings. The molecule has 144 valence electrons. The maximum Gasteiger partial charge on any atom is 0.329 e. The van der Waals surface area contributed by atoms with E-state index in [-0.39, 0.29) is 17.4 Å². The van der Waals surface area contributed by atoms with Crippen molar-refractivity contribution >= 4 is 11.8 Å². The summed E-state index contributed by atoms with van der Waals surface area (Å²) in [6.45, 7) is 1.25. The second-order valence-electron chi connectivity index (χ2n) is 6.68. The molecule has 1 aliphatic rings. The normalized spacial score (nSPS) is 16.4. The smallest absolute Gasteiger partial charge is 0.329 e. The average molecular weight is 382 g/mol. The van der Waals surface area contributed by atoms with Gasteiger partial charge >= 0.3 is 5.69 Å². The number of benzene rings is 1. The molecule has 0 radical (unpaired) electrons. The van der Waals surface area contributed by atoms with Gasteiger partial charge in [0.25, 0.3) is 5.56 Å². The lowest BCUT2D eigenvalue weighted by atomic mass is 10.1. The summed E-state index contributed by atoms with van der Waals surface area (Å²) in [5.41, 5.74) is 0.121. The predicted molar refractivity (Wildman–Crippen MR) is 104 cm³/mol. The lowest BCUT2D eigenvalue weighted by Crippen LogP contribution is -2.35. The van der Waals surface area contributed by atoms with Crippen molar-refractivity contribution in [1.82, 2.24) is 19.5 Å². The molecule has 1 aromatic carbocycles. The molecule has 0 bridgehead atoms. The average Bonchev–Trinajstić information content (AvgIpc) is 3.15. The molecular formula is C19H19FN6O2. The van der Waals surface area contributed by atoms with Crippen molar-refractivity contribution in [2.75, 3.05) is 23.3 Å². The fourth-order valence-corrected chi connectivity index (χ4v) is 3.24. The van der Waals surface area contributed by atoms with Crippen LogP contribution in [0.4, 0.5) is 16.2 Å². The van der Waals surface area contributed by atoms with E-state index in [0.29, 0.717) is 36.1 Å². The second kappa shape index (κ2) is 7.26. The molecular weight excluding hydrogens is 363 g/mol. The van der Waals surface area contributed by atoms with Gasteiger partial charge in [-0.25, -0.2) is 19.2 Å². The van der Waals surface area contributed by atoms with E-state index in [4.69, 9.17) is 0 Å². The van der Waals surface area contributed by atoms with Crippen molar-refractivity contribution in [1.29, 1.82) is 0 Å². The van der Waals surface area contributed by atoms with Crippen LogP contribution in [0.5, 0.6) is 0 Å². The van der Waals surface area contributed by atoms with Crippen LogP contribution in [-0.4, -0.2) is 38.7 Å². The molecule has 0 amide bonds. The largest absolute Gasteiger partial charge is 0.356 e. The second-order valence-corrected chi connectivity index (χ2v) is 6.68. The van der Waals surface area contributed by atoms with Gasteiger partial charge in [0.05, 0.1) is 5.69 Å². The van der Waals surface area contributed by atoms with Gasteiger partial charge in [0, 0.05) is 44.0 Å². The molecule has 1 fully saturated rings. The van der Waals surface area contributed by atoms with Crippen LogP contribution in [0.3, 0.4) is 0 Å². The monoisotopic (exact) mass is 382 g/mol. The van der Waals surface area contributed by atoms with Crippen LogP contribution in [0.25, 0.3) is 11.3 Å². The Morgan fingerprint density at radius 2 is 2.07 bits per heavy atom. The highest BCUT2D eigenvalue weighted by Crippen LogP contribution is 2.22. The fourth-order valence-electron chi connectivity index (χ4n) is 3.24. The van der Waals surface area contributed by atoms with E-state index in [1.165, 1.54) is 19.2 Å². The number of halogens is 1. The standard InChI is InChI=1S/C19H19FN6O2/c1-25-17(27)10-16(24-19(25)28)26-9-7-12(11-26)22-18-21-8-6-15(23-18)13-4-2-3-5-14(13)20/h2-6,8,10,12H,7,9,11H2,1H3,(H,24,28)(H,21,22,23)/t12-/m1/s1. The van der Waals surface area contributed by atoms with Crippen molar-refractivity contribution in [2.24, 2.45) is 7.05 Å². The van der Waals surface area contributed by atoms with E-state index in [2.05, 4.69) is 20.3 Å². The van der Waals surface area contributed by atoms with E-state index in [1.54, 1.807) is 30.5 Å². The molecule has 2 aromatic heterocycles. The number of nitrogens with zero attached hydrogens (tertiary/aromatic N) is 4. The lowest BCUT2D eigenvalue weighted by molar-refractivity contribution is 0.630. The zero-order chi connectivity index (χ0) is 19.7. The maximum atomic E-state index is 14.0. The summed E-state index contributed by atoms with van der Waals surface area (Å²) in [5.74, 6) is 0.567. The molecule has 1 aliphatic heterocycles. The highest BCUT2D eigenvalue weighted by Gasteiger charge is 2.24. The molecule has 0 unspecified atom stereocenters. The third-order valence-corrected chi connectivity index (χ3v) is 4.80. The minimum Gasteiger partial charge on any atom is -0.356 e. The van der Waals surface area contributed by atoms with E-state index in [1.807, 2.05) is 4.90 Å². The van der Waals surface area contributed by atoms with Gasteiger partial charge in [-0.05, 0) is 24.6 Å². The van der Waals surface area contributed by atoms with Crippen LogP contribution in [-0.2, 0) is 7.05 Å². The molecule has 0 saturated carbocycles. The SMILES string of the molecule is Cn1c(=O)cc(N2CC[C@@H](Nc3nccc(-c4ccccc4F)n3)C2)[nH]c1=O. The number of nitrogens with one attached hydrogen (secondary N) is 2. The van der Waals surface area contributed by atoms with Crippen molar-refractivity contribution in [2.45, 2.75) is 12.5 Å². The first kappa shape index (κ1) is 17.9. The van der Waals surface area contributed by atoms with Crippen LogP contribution < -0.4 is 21.5 Å². The van der Waals surface area contributed by atoms with Crippen LogP contribution >= 0.6 is 0 Å². The number of rotatable bonds is 4. The van der Waals surface area contributed by atoms with Crippen molar-refractivity contribution in [3.8, 4) is 11.3 Å². The summed E-state index contributed by atoms with van der Waals surface area (Å²) >= 11 is 0. The highest BCUT2D eigenvalue weighted by molar-refractivity contribution is 5.60. The van der Waals surface area contributed by atoms with Gasteiger partial charge in [0.2, 0.25) is 5.95 Å². The molecule has 28 heavy (non-hydrogen) atoms. The minimum atomic E-state index is -0.445. The summed E-state index contributed by atoms with van der Waals surface area (Å²) in [5, 5.41) is 3.25. The number of hydrogen-bond acceptors (Lipinski definition) is 6. The first-order chi connectivity index (χ1) is 13.5. The van der Waals surface area contributed by atoms with Crippen LogP contribution in [0.15, 0.2) is 52.2 Å². The fraction of sp³-hybridized carbons (Fsp3) is 0.263. The van der Waals surface area contributed by atoms with Crippen molar-refractivity contribution < 1.29 is 4.39 Å². The van der Waals surface area contributed by atoms with Crippen molar-refractivity contribution in [3.05, 3.63) is 69.3 Å². The van der Waals surface area contributed by atoms with E-state index in [9.17, 15) is 14.0 Å². The number of hydrogen-bond donors (Lipinski definition) is 2. The third kappa shape index (κ3) is 3.51. The molecule has 2 N–H and O–H groups in total. The van der Waals surface area contributed by atoms with Gasteiger partial charge in [-0.1, -0.05) is 12.1 Å². The third-order valence-electron chi connectivity index (χ3n) is 4.80. The summed E-state index contributed by atoms with van der Waals surface area (Å²) in [6.07, 6.45) is 2.37. The number of H-pyrrole nitrogens is 1. The number of aromatic nitrogens is 4. The zero-order valence-corrected chi connectivity index (χ0v) is 15.2. The Kier molecular flexibility index (Phi) is 4.64. The Hall–Kier alpha value is -3.49. The first-order valence-electron chi connectivity index (χ1n) is 8.91. The molecule has 0 spiro atoms. The summed E-state index contributed by atoms with van der Waals surface area (Å²) < 4.78 is 15.0. The minimum absolute atomic E-state index is 0.0310. The Labute approximate surface area is 159 Å². The zero-order valence-electron chi connectivity index (χ0n) is 15.2. The summed E-state index contributed by atoms with van der Waals surface area (Å²) in [7, 11) is 1.43. The predicted octanol–water partition coefficient (Wildman–Crippen LogP) is 1.36.